The second kappa shape index (κ2) is 12.1. The van der Waals surface area contributed by atoms with Gasteiger partial charge in [-0.3, -0.25) is 9.59 Å². The Morgan fingerprint density at radius 2 is 1.56 bits per heavy atom. The van der Waals surface area contributed by atoms with E-state index < -0.39 is 30.3 Å². The smallest absolute Gasteiger partial charge is 0.323 e. The third-order valence-electron chi connectivity index (χ3n) is 7.15. The van der Waals surface area contributed by atoms with Crippen molar-refractivity contribution in [3.05, 3.63) is 82.7 Å². The van der Waals surface area contributed by atoms with Gasteiger partial charge in [0.1, 0.15) is 12.4 Å². The molecule has 204 valence electrons. The topological polar surface area (TPSA) is 98.7 Å². The molecular weight excluding hydrogens is 497 g/mol. The number of hydrogen-bond acceptors (Lipinski definition) is 3. The fourth-order valence-electron chi connectivity index (χ4n) is 5.39. The highest BCUT2D eigenvalue weighted by atomic mass is 19.1. The molecule has 7 nitrogen and oxygen atoms in total. The molecule has 0 atom stereocenters. The molecule has 0 unspecified atom stereocenters. The van der Waals surface area contributed by atoms with E-state index in [-0.39, 0.29) is 17.3 Å². The van der Waals surface area contributed by atoms with E-state index in [1.165, 1.54) is 17.0 Å². The van der Waals surface area contributed by atoms with Crippen molar-refractivity contribution in [3.63, 3.8) is 0 Å². The van der Waals surface area contributed by atoms with Gasteiger partial charge in [0.15, 0.2) is 0 Å². The van der Waals surface area contributed by atoms with Gasteiger partial charge < -0.3 is 20.6 Å². The first-order valence-corrected chi connectivity index (χ1v) is 13.2. The number of carbonyl (C=O) groups is 3. The van der Waals surface area contributed by atoms with Crippen LogP contribution in [0.2, 0.25) is 0 Å². The van der Waals surface area contributed by atoms with Crippen LogP contribution < -0.4 is 10.6 Å². The van der Waals surface area contributed by atoms with Crippen molar-refractivity contribution in [2.45, 2.75) is 58.9 Å². The molecule has 0 saturated heterocycles. The number of nitrogens with zero attached hydrogens (tertiary/aromatic N) is 1. The summed E-state index contributed by atoms with van der Waals surface area (Å²) in [6, 6.07) is 14.1. The minimum absolute atomic E-state index is 0.175. The zero-order valence-electron chi connectivity index (χ0n) is 22.5. The normalized spacial score (nSPS) is 13.5. The van der Waals surface area contributed by atoms with Gasteiger partial charge in [-0.2, -0.15) is 0 Å². The van der Waals surface area contributed by atoms with Gasteiger partial charge in [-0.05, 0) is 80.1 Å². The maximum absolute atomic E-state index is 14.0. The lowest BCUT2D eigenvalue weighted by molar-refractivity contribution is -0.138. The lowest BCUT2D eigenvalue weighted by Gasteiger charge is -2.33. The molecule has 8 heteroatoms. The van der Waals surface area contributed by atoms with Crippen LogP contribution in [0.1, 0.15) is 59.2 Å². The van der Waals surface area contributed by atoms with Gasteiger partial charge in [-0.1, -0.05) is 55.2 Å². The number of anilines is 2. The number of nitrogens with one attached hydrogen (secondary N) is 2. The summed E-state index contributed by atoms with van der Waals surface area (Å²) >= 11 is 0. The summed E-state index contributed by atoms with van der Waals surface area (Å²) in [6.45, 7) is 5.36. The van der Waals surface area contributed by atoms with Crippen LogP contribution in [0.25, 0.3) is 11.1 Å². The number of hydrogen-bond donors (Lipinski definition) is 3. The molecule has 1 saturated carbocycles. The van der Waals surface area contributed by atoms with Crippen molar-refractivity contribution in [2.75, 3.05) is 17.2 Å². The molecule has 0 heterocycles. The summed E-state index contributed by atoms with van der Waals surface area (Å²) in [6.07, 6.45) is 4.37. The molecule has 0 bridgehead atoms. The van der Waals surface area contributed by atoms with Crippen molar-refractivity contribution >= 4 is 29.3 Å². The van der Waals surface area contributed by atoms with Crippen LogP contribution in [0.15, 0.2) is 54.6 Å². The van der Waals surface area contributed by atoms with E-state index in [2.05, 4.69) is 10.6 Å². The van der Waals surface area contributed by atoms with Crippen molar-refractivity contribution in [2.24, 2.45) is 0 Å². The summed E-state index contributed by atoms with van der Waals surface area (Å²) in [5, 5.41) is 15.3. The molecule has 3 aromatic rings. The Kier molecular flexibility index (Phi) is 8.64. The molecule has 3 aromatic carbocycles. The van der Waals surface area contributed by atoms with Crippen molar-refractivity contribution in [3.8, 4) is 11.1 Å². The van der Waals surface area contributed by atoms with Gasteiger partial charge in [0.2, 0.25) is 0 Å². The highest BCUT2D eigenvalue weighted by Crippen LogP contribution is 2.30. The number of carboxylic acid groups (broad SMARTS) is 1. The minimum Gasteiger partial charge on any atom is -0.480 e. The molecule has 0 spiro atoms. The molecule has 3 N–H and O–H groups in total. The number of benzene rings is 3. The van der Waals surface area contributed by atoms with E-state index in [1.807, 2.05) is 32.9 Å². The Hall–Kier alpha value is -4.20. The molecule has 1 aliphatic rings. The predicted molar refractivity (Wildman–Crippen MR) is 151 cm³/mol. The number of urea groups is 1. The first kappa shape index (κ1) is 27.8. The molecular formula is C31H34FN3O4. The van der Waals surface area contributed by atoms with Gasteiger partial charge in [-0.25, -0.2) is 9.18 Å². The number of aliphatic carboxylic acids is 1. The van der Waals surface area contributed by atoms with Gasteiger partial charge in [0.05, 0.1) is 11.3 Å². The Labute approximate surface area is 228 Å². The number of rotatable bonds is 7. The maximum atomic E-state index is 14.0. The summed E-state index contributed by atoms with van der Waals surface area (Å²) in [7, 11) is 0. The second-order valence-corrected chi connectivity index (χ2v) is 10.2. The standard InChI is InChI=1S/C31H34FN3O4/c1-19-14-20(2)29(21(3)15-19)34-31(39)33-27-17-23(22-8-7-9-24(32)16-22)12-13-26(27)30(38)35(18-28(36)37)25-10-5-4-6-11-25/h7-9,12-17,25H,4-6,10-11,18H2,1-3H3,(H,36,37)(H2,33,34,39). The lowest BCUT2D eigenvalue weighted by atomic mass is 9.93. The molecule has 1 aliphatic carbocycles. The van der Waals surface area contributed by atoms with E-state index in [9.17, 15) is 23.9 Å². The van der Waals surface area contributed by atoms with E-state index in [0.717, 1.165) is 48.8 Å². The van der Waals surface area contributed by atoms with Gasteiger partial charge >= 0.3 is 12.0 Å². The maximum Gasteiger partial charge on any atom is 0.323 e. The van der Waals surface area contributed by atoms with E-state index in [1.54, 1.807) is 30.3 Å². The Morgan fingerprint density at radius 1 is 0.897 bits per heavy atom. The van der Waals surface area contributed by atoms with Crippen molar-refractivity contribution < 1.29 is 23.9 Å². The molecule has 0 aromatic heterocycles. The van der Waals surface area contributed by atoms with E-state index in [0.29, 0.717) is 16.8 Å². The fraction of sp³-hybridized carbons (Fsp3) is 0.323. The summed E-state index contributed by atoms with van der Waals surface area (Å²) in [5.41, 5.74) is 5.12. The van der Waals surface area contributed by atoms with Crippen LogP contribution in [0.3, 0.4) is 0 Å². The Balaban J connectivity index is 1.71. The van der Waals surface area contributed by atoms with Gasteiger partial charge in [0, 0.05) is 11.7 Å². The molecule has 3 amide bonds. The number of halogens is 1. The summed E-state index contributed by atoms with van der Waals surface area (Å²) < 4.78 is 14.0. The minimum atomic E-state index is -1.09. The van der Waals surface area contributed by atoms with E-state index >= 15 is 0 Å². The van der Waals surface area contributed by atoms with Crippen LogP contribution in [-0.2, 0) is 4.79 Å². The fourth-order valence-corrected chi connectivity index (χ4v) is 5.39. The number of aryl methyl sites for hydroxylation is 3. The van der Waals surface area contributed by atoms with Crippen molar-refractivity contribution in [1.82, 2.24) is 4.90 Å². The Bertz CT molecular complexity index is 1380. The molecule has 1 fully saturated rings. The Morgan fingerprint density at radius 3 is 2.21 bits per heavy atom. The molecule has 0 aliphatic heterocycles. The van der Waals surface area contributed by atoms with E-state index in [4.69, 9.17) is 0 Å². The molecule has 4 rings (SSSR count). The molecule has 39 heavy (non-hydrogen) atoms. The quantitative estimate of drug-likeness (QED) is 0.308. The average molecular weight is 532 g/mol. The largest absolute Gasteiger partial charge is 0.480 e. The summed E-state index contributed by atoms with van der Waals surface area (Å²) in [5.74, 6) is -1.97. The molecule has 0 radical (unpaired) electrons. The second-order valence-electron chi connectivity index (χ2n) is 10.2. The zero-order chi connectivity index (χ0) is 28.1. The first-order valence-electron chi connectivity index (χ1n) is 13.2. The van der Waals surface area contributed by atoms with Gasteiger partial charge in [-0.15, -0.1) is 0 Å². The number of amides is 3. The lowest BCUT2D eigenvalue weighted by Crippen LogP contribution is -2.44. The monoisotopic (exact) mass is 531 g/mol. The average Bonchev–Trinajstić information content (AvgIpc) is 2.89. The first-order chi connectivity index (χ1) is 18.6. The van der Waals surface area contributed by atoms with Crippen LogP contribution >= 0.6 is 0 Å². The van der Waals surface area contributed by atoms with Crippen molar-refractivity contribution in [1.29, 1.82) is 0 Å². The summed E-state index contributed by atoms with van der Waals surface area (Å²) in [4.78, 5) is 40.1. The predicted octanol–water partition coefficient (Wildman–Crippen LogP) is 6.92. The van der Waals surface area contributed by atoms with Gasteiger partial charge in [0.25, 0.3) is 5.91 Å². The van der Waals surface area contributed by atoms with Crippen LogP contribution in [0.4, 0.5) is 20.6 Å². The number of carboxylic acids is 1. The SMILES string of the molecule is Cc1cc(C)c(NC(=O)Nc2cc(-c3cccc(F)c3)ccc2C(=O)N(CC(=O)O)C2CCCCC2)c(C)c1. The van der Waals surface area contributed by atoms with Crippen LogP contribution in [0.5, 0.6) is 0 Å². The highest BCUT2D eigenvalue weighted by Gasteiger charge is 2.30. The van der Waals surface area contributed by atoms with Crippen LogP contribution in [0, 0.1) is 26.6 Å². The zero-order valence-corrected chi connectivity index (χ0v) is 22.5. The third-order valence-corrected chi connectivity index (χ3v) is 7.15. The van der Waals surface area contributed by atoms with Crippen LogP contribution in [-0.4, -0.2) is 40.5 Å². The number of carbonyl (C=O) groups excluding carboxylic acids is 2. The highest BCUT2D eigenvalue weighted by molar-refractivity contribution is 6.08. The third kappa shape index (κ3) is 6.82.